The van der Waals surface area contributed by atoms with E-state index in [-0.39, 0.29) is 5.05 Å². The molecule has 0 aliphatic carbocycles. The van der Waals surface area contributed by atoms with Crippen LogP contribution >= 0.6 is 12.2 Å². The van der Waals surface area contributed by atoms with Gasteiger partial charge in [0.25, 0.3) is 5.05 Å². The van der Waals surface area contributed by atoms with E-state index >= 15 is 0 Å². The van der Waals surface area contributed by atoms with E-state index in [1.807, 2.05) is 30.3 Å². The van der Waals surface area contributed by atoms with Crippen LogP contribution in [0, 0.1) is 0 Å². The highest BCUT2D eigenvalue weighted by Gasteiger charge is 2.10. The summed E-state index contributed by atoms with van der Waals surface area (Å²) in [5.74, 6) is -0.392. The van der Waals surface area contributed by atoms with Crippen LogP contribution in [0.2, 0.25) is 0 Å². The van der Waals surface area contributed by atoms with Gasteiger partial charge < -0.3 is 10.1 Å². The zero-order valence-electron chi connectivity index (χ0n) is 12.1. The van der Waals surface area contributed by atoms with E-state index in [0.717, 1.165) is 16.2 Å². The maximum atomic E-state index is 11.9. The molecule has 0 bridgehead atoms. The Balaban J connectivity index is 2.00. The molecule has 1 N–H and O–H groups in total. The molecule has 3 aromatic rings. The minimum absolute atomic E-state index is 0.0412. The van der Waals surface area contributed by atoms with Crippen molar-refractivity contribution in [3.8, 4) is 0 Å². The highest BCUT2D eigenvalue weighted by Crippen LogP contribution is 2.27. The number of fused-ring (bicyclic) bond motifs is 3. The van der Waals surface area contributed by atoms with Gasteiger partial charge in [-0.05, 0) is 52.8 Å². The second kappa shape index (κ2) is 6.12. The van der Waals surface area contributed by atoms with Gasteiger partial charge in [0.15, 0.2) is 0 Å². The summed E-state index contributed by atoms with van der Waals surface area (Å²) >= 11 is 4.91. The lowest BCUT2D eigenvalue weighted by Gasteiger charge is -2.09. The third-order valence-corrected chi connectivity index (χ3v) is 3.77. The molecule has 3 aromatic carbocycles. The molecule has 0 unspecified atom stereocenters. The lowest BCUT2D eigenvalue weighted by molar-refractivity contribution is -0.111. The molecule has 0 fully saturated rings. The van der Waals surface area contributed by atoms with Crippen molar-refractivity contribution in [1.82, 2.24) is 0 Å². The van der Waals surface area contributed by atoms with Gasteiger partial charge in [0.1, 0.15) is 0 Å². The molecule has 4 heteroatoms. The SMILES string of the molecule is CCOC(=S)C(=O)Nc1ccc2ccc3ccccc3c2c1. The molecule has 0 aliphatic rings. The molecular formula is C18H15NO2S. The maximum Gasteiger partial charge on any atom is 0.302 e. The molecule has 0 saturated heterocycles. The number of anilines is 1. The third-order valence-electron chi connectivity index (χ3n) is 3.47. The standard InChI is InChI=1S/C18H15NO2S/c1-2-21-18(22)17(20)19-14-10-9-13-8-7-12-5-3-4-6-15(12)16(13)11-14/h3-11H,2H2,1H3,(H,19,20). The molecule has 0 spiro atoms. The Morgan fingerprint density at radius 1 is 1.05 bits per heavy atom. The molecule has 3 nitrogen and oxygen atoms in total. The van der Waals surface area contributed by atoms with Crippen molar-refractivity contribution < 1.29 is 9.53 Å². The summed E-state index contributed by atoms with van der Waals surface area (Å²) in [6.45, 7) is 2.18. The van der Waals surface area contributed by atoms with E-state index in [1.54, 1.807) is 6.92 Å². The van der Waals surface area contributed by atoms with E-state index < -0.39 is 5.91 Å². The fourth-order valence-corrected chi connectivity index (χ4v) is 2.63. The van der Waals surface area contributed by atoms with Crippen LogP contribution in [0.4, 0.5) is 5.69 Å². The van der Waals surface area contributed by atoms with E-state index in [0.29, 0.717) is 12.3 Å². The van der Waals surface area contributed by atoms with Crippen LogP contribution in [0.5, 0.6) is 0 Å². The lowest BCUT2D eigenvalue weighted by Crippen LogP contribution is -2.23. The molecule has 0 aromatic heterocycles. The van der Waals surface area contributed by atoms with Gasteiger partial charge in [-0.1, -0.05) is 42.5 Å². The first-order chi connectivity index (χ1) is 10.7. The van der Waals surface area contributed by atoms with Crippen molar-refractivity contribution in [2.45, 2.75) is 6.92 Å². The number of hydrogen-bond acceptors (Lipinski definition) is 3. The van der Waals surface area contributed by atoms with Crippen molar-refractivity contribution in [3.63, 3.8) is 0 Å². The minimum Gasteiger partial charge on any atom is -0.480 e. The smallest absolute Gasteiger partial charge is 0.302 e. The van der Waals surface area contributed by atoms with Crippen molar-refractivity contribution in [1.29, 1.82) is 0 Å². The van der Waals surface area contributed by atoms with Gasteiger partial charge in [0.2, 0.25) is 0 Å². The number of thiocarbonyl (C=S) groups is 1. The predicted octanol–water partition coefficient (Wildman–Crippen LogP) is 4.30. The van der Waals surface area contributed by atoms with Gasteiger partial charge >= 0.3 is 5.91 Å². The second-order valence-electron chi connectivity index (χ2n) is 4.90. The Hall–Kier alpha value is -2.46. The highest BCUT2D eigenvalue weighted by molar-refractivity contribution is 7.81. The van der Waals surface area contributed by atoms with Crippen molar-refractivity contribution in [3.05, 3.63) is 54.6 Å². The fraction of sp³-hybridized carbons (Fsp3) is 0.111. The van der Waals surface area contributed by atoms with Crippen molar-refractivity contribution in [2.75, 3.05) is 11.9 Å². The fourth-order valence-electron chi connectivity index (χ4n) is 2.46. The van der Waals surface area contributed by atoms with Crippen LogP contribution in [-0.2, 0) is 9.53 Å². The largest absolute Gasteiger partial charge is 0.480 e. The number of benzene rings is 3. The second-order valence-corrected chi connectivity index (χ2v) is 5.27. The van der Waals surface area contributed by atoms with Gasteiger partial charge in [-0.15, -0.1) is 0 Å². The zero-order valence-corrected chi connectivity index (χ0v) is 12.9. The first-order valence-electron chi connectivity index (χ1n) is 7.08. The van der Waals surface area contributed by atoms with Crippen molar-refractivity contribution >= 4 is 50.4 Å². The van der Waals surface area contributed by atoms with Crippen LogP contribution < -0.4 is 5.32 Å². The number of rotatable bonds is 2. The number of carbonyl (C=O) groups is 1. The summed E-state index contributed by atoms with van der Waals surface area (Å²) < 4.78 is 5.05. The average Bonchev–Trinajstić information content (AvgIpc) is 2.55. The van der Waals surface area contributed by atoms with Crippen LogP contribution in [-0.4, -0.2) is 17.6 Å². The molecule has 1 amide bonds. The maximum absolute atomic E-state index is 11.9. The topological polar surface area (TPSA) is 38.3 Å². The van der Waals surface area contributed by atoms with Gasteiger partial charge in [-0.2, -0.15) is 0 Å². The number of amides is 1. The quantitative estimate of drug-likeness (QED) is 0.567. The summed E-state index contributed by atoms with van der Waals surface area (Å²) in [6.07, 6.45) is 0. The van der Waals surface area contributed by atoms with Crippen LogP contribution in [0.15, 0.2) is 54.6 Å². The first kappa shape index (κ1) is 14.5. The molecule has 22 heavy (non-hydrogen) atoms. The van der Waals surface area contributed by atoms with Crippen LogP contribution in [0.3, 0.4) is 0 Å². The Morgan fingerprint density at radius 3 is 2.50 bits per heavy atom. The Morgan fingerprint density at radius 2 is 1.73 bits per heavy atom. The van der Waals surface area contributed by atoms with E-state index in [4.69, 9.17) is 17.0 Å². The number of hydrogen-bond donors (Lipinski definition) is 1. The Kier molecular flexibility index (Phi) is 4.02. The minimum atomic E-state index is -0.392. The molecule has 0 atom stereocenters. The van der Waals surface area contributed by atoms with Crippen LogP contribution in [0.25, 0.3) is 21.5 Å². The number of ether oxygens (including phenoxy) is 1. The number of carbonyl (C=O) groups excluding carboxylic acids is 1. The normalized spacial score (nSPS) is 10.6. The predicted molar refractivity (Wildman–Crippen MR) is 94.3 cm³/mol. The third kappa shape index (κ3) is 2.78. The molecule has 0 aliphatic heterocycles. The highest BCUT2D eigenvalue weighted by atomic mass is 32.1. The van der Waals surface area contributed by atoms with Gasteiger partial charge in [0, 0.05) is 5.69 Å². The van der Waals surface area contributed by atoms with Crippen molar-refractivity contribution in [2.24, 2.45) is 0 Å². The van der Waals surface area contributed by atoms with Gasteiger partial charge in [-0.3, -0.25) is 4.79 Å². The Bertz CT molecular complexity index is 873. The summed E-state index contributed by atoms with van der Waals surface area (Å²) in [7, 11) is 0. The summed E-state index contributed by atoms with van der Waals surface area (Å²) in [5.41, 5.74) is 0.705. The first-order valence-corrected chi connectivity index (χ1v) is 7.49. The molecular weight excluding hydrogens is 294 g/mol. The van der Waals surface area contributed by atoms with E-state index in [2.05, 4.69) is 29.6 Å². The monoisotopic (exact) mass is 309 g/mol. The summed E-state index contributed by atoms with van der Waals surface area (Å²) in [4.78, 5) is 11.9. The zero-order chi connectivity index (χ0) is 15.5. The molecule has 3 rings (SSSR count). The summed E-state index contributed by atoms with van der Waals surface area (Å²) in [6, 6.07) is 18.2. The van der Waals surface area contributed by atoms with E-state index in [9.17, 15) is 4.79 Å². The molecule has 0 heterocycles. The lowest BCUT2D eigenvalue weighted by atomic mass is 10.0. The molecule has 0 saturated carbocycles. The van der Waals surface area contributed by atoms with Gasteiger partial charge in [-0.25, -0.2) is 0 Å². The van der Waals surface area contributed by atoms with E-state index in [1.165, 1.54) is 5.39 Å². The van der Waals surface area contributed by atoms with Gasteiger partial charge in [0.05, 0.1) is 6.61 Å². The van der Waals surface area contributed by atoms with Crippen LogP contribution in [0.1, 0.15) is 6.92 Å². The Labute approximate surface area is 133 Å². The number of nitrogens with one attached hydrogen (secondary N) is 1. The molecule has 110 valence electrons. The average molecular weight is 309 g/mol. The molecule has 0 radical (unpaired) electrons. The summed E-state index contributed by atoms with van der Waals surface area (Å²) in [5, 5.41) is 7.29.